The summed E-state index contributed by atoms with van der Waals surface area (Å²) in [6.07, 6.45) is 16.7. The maximum Gasteiger partial charge on any atom is 0.491 e. The summed E-state index contributed by atoms with van der Waals surface area (Å²) in [5, 5.41) is 0. The fraction of sp³-hybridized carbons (Fsp3) is 1.00. The molecule has 9 unspecified atom stereocenters. The average molecular weight is 631 g/mol. The van der Waals surface area contributed by atoms with Crippen molar-refractivity contribution < 1.29 is 40.1 Å². The summed E-state index contributed by atoms with van der Waals surface area (Å²) < 4.78 is 56.5. The molecule has 3 aliphatic carbocycles. The van der Waals surface area contributed by atoms with Crippen LogP contribution in [0.1, 0.15) is 77.0 Å². The lowest BCUT2D eigenvalue weighted by Gasteiger charge is -2.42. The largest absolute Gasteiger partial charge is 0.491 e. The zero-order valence-electron chi connectivity index (χ0n) is 26.0. The van der Waals surface area contributed by atoms with Crippen molar-refractivity contribution in [1.82, 2.24) is 0 Å². The number of epoxide rings is 3. The topological polar surface area (TPSA) is 93.0 Å². The Balaban J connectivity index is 1.13. The van der Waals surface area contributed by atoms with Crippen molar-refractivity contribution >= 4 is 26.2 Å². The van der Waals surface area contributed by atoms with E-state index in [2.05, 4.69) is 6.55 Å². The highest BCUT2D eigenvalue weighted by Crippen LogP contribution is 2.45. The van der Waals surface area contributed by atoms with Crippen LogP contribution in [-0.4, -0.2) is 91.2 Å². The number of hydrogen-bond acceptors (Lipinski definition) is 9. The van der Waals surface area contributed by atoms with E-state index in [0.29, 0.717) is 54.4 Å². The summed E-state index contributed by atoms with van der Waals surface area (Å²) in [6, 6.07) is 2.47. The Morgan fingerprint density at radius 3 is 1.15 bits per heavy atom. The second-order valence-electron chi connectivity index (χ2n) is 13.8. The molecule has 0 aromatic heterocycles. The predicted octanol–water partition coefficient (Wildman–Crippen LogP) is 5.43. The Kier molecular flexibility index (Phi) is 9.88. The van der Waals surface area contributed by atoms with Crippen LogP contribution in [0.15, 0.2) is 0 Å². The van der Waals surface area contributed by atoms with Crippen molar-refractivity contribution in [3.8, 4) is 0 Å². The molecule has 3 aliphatic heterocycles. The maximum absolute atomic E-state index is 7.16. The lowest BCUT2D eigenvalue weighted by atomic mass is 9.88. The van der Waals surface area contributed by atoms with Gasteiger partial charge in [-0.3, -0.25) is 0 Å². The van der Waals surface area contributed by atoms with Gasteiger partial charge < -0.3 is 40.1 Å². The van der Waals surface area contributed by atoms with Crippen molar-refractivity contribution in [1.29, 1.82) is 0 Å². The van der Waals surface area contributed by atoms with Gasteiger partial charge >= 0.3 is 26.2 Å². The van der Waals surface area contributed by atoms with Gasteiger partial charge in [-0.2, -0.15) is 0 Å². The Morgan fingerprint density at radius 1 is 0.488 bits per heavy atom. The number of hydrogen-bond donors (Lipinski definition) is 0. The molecule has 9 nitrogen and oxygen atoms in total. The van der Waals surface area contributed by atoms with E-state index in [1.54, 1.807) is 28.4 Å². The van der Waals surface area contributed by atoms with Crippen molar-refractivity contribution in [3.05, 3.63) is 0 Å². The monoisotopic (exact) mass is 630 g/mol. The van der Waals surface area contributed by atoms with Crippen LogP contribution in [0, 0.1) is 17.8 Å². The minimum atomic E-state index is -2.98. The number of rotatable bonds is 17. The van der Waals surface area contributed by atoms with Gasteiger partial charge in [0.25, 0.3) is 0 Å². The summed E-state index contributed by atoms with van der Waals surface area (Å²) >= 11 is 0. The van der Waals surface area contributed by atoms with Crippen molar-refractivity contribution in [3.63, 3.8) is 0 Å². The Hall–Kier alpha value is 0.291. The zero-order valence-corrected chi connectivity index (χ0v) is 29.0. The third kappa shape index (κ3) is 7.75. The normalized spacial score (nSPS) is 39.3. The third-order valence-corrected chi connectivity index (χ3v) is 22.5. The second kappa shape index (κ2) is 13.0. The summed E-state index contributed by atoms with van der Waals surface area (Å²) in [5.74, 6) is 1.92. The molecule has 0 amide bonds. The fourth-order valence-electron chi connectivity index (χ4n) is 8.10. The molecule has 3 saturated heterocycles. The van der Waals surface area contributed by atoms with Gasteiger partial charge in [0.05, 0.1) is 36.6 Å². The molecule has 0 aromatic carbocycles. The smallest absolute Gasteiger partial charge is 0.393 e. The molecule has 3 saturated carbocycles. The van der Waals surface area contributed by atoms with Gasteiger partial charge in [-0.25, -0.2) is 0 Å². The van der Waals surface area contributed by atoms with E-state index in [1.807, 2.05) is 0 Å². The first-order valence-corrected chi connectivity index (χ1v) is 22.8. The molecule has 0 radical (unpaired) electrons. The first-order valence-electron chi connectivity index (χ1n) is 16.4. The molecule has 236 valence electrons. The quantitative estimate of drug-likeness (QED) is 0.154. The lowest BCUT2D eigenvalue weighted by molar-refractivity contribution is 0.110. The van der Waals surface area contributed by atoms with Crippen LogP contribution in [-0.2, 0) is 40.1 Å². The van der Waals surface area contributed by atoms with E-state index in [0.717, 1.165) is 56.7 Å². The van der Waals surface area contributed by atoms with Crippen LogP contribution >= 0.6 is 0 Å². The van der Waals surface area contributed by atoms with Gasteiger partial charge in [-0.05, 0) is 107 Å². The molecule has 12 heteroatoms. The highest BCUT2D eigenvalue weighted by molar-refractivity contribution is 6.83. The molecular formula is C29H54O9Si3. The molecule has 0 spiro atoms. The van der Waals surface area contributed by atoms with Gasteiger partial charge in [0.1, 0.15) is 0 Å². The molecule has 6 aliphatic rings. The first-order chi connectivity index (χ1) is 19.8. The average Bonchev–Trinajstić information content (AvgIpc) is 3.88. The van der Waals surface area contributed by atoms with Gasteiger partial charge in [-0.1, -0.05) is 0 Å². The predicted molar refractivity (Wildman–Crippen MR) is 160 cm³/mol. The van der Waals surface area contributed by atoms with Crippen LogP contribution in [0.5, 0.6) is 0 Å². The van der Waals surface area contributed by atoms with Crippen molar-refractivity contribution in [2.24, 2.45) is 17.8 Å². The number of fused-ring (bicyclic) bond motifs is 3. The van der Waals surface area contributed by atoms with E-state index in [-0.39, 0.29) is 0 Å². The van der Waals surface area contributed by atoms with E-state index >= 15 is 0 Å². The van der Waals surface area contributed by atoms with Crippen LogP contribution in [0.4, 0.5) is 0 Å². The van der Waals surface area contributed by atoms with Crippen LogP contribution in [0.2, 0.25) is 24.7 Å². The zero-order chi connectivity index (χ0) is 28.7. The van der Waals surface area contributed by atoms with Gasteiger partial charge in [0.2, 0.25) is 0 Å². The van der Waals surface area contributed by atoms with E-state index in [1.165, 1.54) is 38.5 Å². The van der Waals surface area contributed by atoms with Crippen LogP contribution < -0.4 is 0 Å². The van der Waals surface area contributed by atoms with E-state index in [4.69, 9.17) is 40.1 Å². The molecule has 6 rings (SSSR count). The minimum absolute atomic E-state index is 0.470. The number of ether oxygens (including phenoxy) is 3. The summed E-state index contributed by atoms with van der Waals surface area (Å²) in [5.41, 5.74) is 0. The third-order valence-electron chi connectivity index (χ3n) is 11.0. The molecule has 3 heterocycles. The lowest BCUT2D eigenvalue weighted by Crippen LogP contribution is -2.61. The molecule has 41 heavy (non-hydrogen) atoms. The van der Waals surface area contributed by atoms with Crippen LogP contribution in [0.25, 0.3) is 0 Å². The minimum Gasteiger partial charge on any atom is -0.393 e. The highest BCUT2D eigenvalue weighted by Gasteiger charge is 2.55. The molecule has 6 fully saturated rings. The van der Waals surface area contributed by atoms with Crippen molar-refractivity contribution in [2.75, 3.05) is 28.4 Å². The maximum atomic E-state index is 7.16. The Bertz CT molecular complexity index is 824. The standard InChI is InChI=1S/C29H54O9Si3/c1-30-40(31-2,16-13-22-7-10-25-28(19-22)35-25)37-39(5,15-12-21-6-9-24-27(18-21)34-24)38-41(32-3,33-4)17-14-23-8-11-26-29(20-23)36-26/h21-29H,6-20H2,1-5H3. The Morgan fingerprint density at radius 2 is 0.829 bits per heavy atom. The van der Waals surface area contributed by atoms with E-state index < -0.39 is 26.2 Å². The van der Waals surface area contributed by atoms with Crippen LogP contribution in [0.3, 0.4) is 0 Å². The first kappa shape index (κ1) is 31.3. The highest BCUT2D eigenvalue weighted by atomic mass is 28.5. The van der Waals surface area contributed by atoms with Gasteiger partial charge in [0.15, 0.2) is 0 Å². The SMILES string of the molecule is CO[Si](CCC1CCC2OC2C1)(OC)O[Si](C)(CCC1CCC2OC2C1)O[Si](CCC1CCC2OC2C1)(OC)OC. The second-order valence-corrected chi connectivity index (χ2v) is 23.6. The molecule has 0 bridgehead atoms. The summed E-state index contributed by atoms with van der Waals surface area (Å²) in [7, 11) is -1.79. The summed E-state index contributed by atoms with van der Waals surface area (Å²) in [4.78, 5) is 0. The molecule has 0 N–H and O–H groups in total. The van der Waals surface area contributed by atoms with E-state index in [9.17, 15) is 0 Å². The molecule has 0 aromatic rings. The molecular weight excluding hydrogens is 577 g/mol. The fourth-order valence-corrected chi connectivity index (χ4v) is 20.5. The Labute approximate surface area is 250 Å². The van der Waals surface area contributed by atoms with Crippen molar-refractivity contribution in [2.45, 2.75) is 138 Å². The van der Waals surface area contributed by atoms with Gasteiger partial charge in [-0.15, -0.1) is 0 Å². The summed E-state index contributed by atoms with van der Waals surface area (Å²) in [6.45, 7) is 2.21. The molecule has 9 atom stereocenters. The van der Waals surface area contributed by atoms with Gasteiger partial charge in [0, 0.05) is 40.5 Å².